The molecule has 4 N–H and O–H groups in total. The van der Waals surface area contributed by atoms with E-state index in [-0.39, 0.29) is 11.1 Å². The molecule has 0 unspecified atom stereocenters. The van der Waals surface area contributed by atoms with E-state index in [0.717, 1.165) is 5.56 Å². The van der Waals surface area contributed by atoms with Crippen LogP contribution in [0.15, 0.2) is 48.5 Å². The van der Waals surface area contributed by atoms with Gasteiger partial charge in [0.05, 0.1) is 0 Å². The van der Waals surface area contributed by atoms with Crippen molar-refractivity contribution in [3.05, 3.63) is 59.7 Å². The Balaban J connectivity index is 2.64. The molecule has 4 nitrogen and oxygen atoms in total. The van der Waals surface area contributed by atoms with Crippen LogP contribution in [0.2, 0.25) is 0 Å². The lowest BCUT2D eigenvalue weighted by atomic mass is 9.94. The van der Waals surface area contributed by atoms with Crippen molar-refractivity contribution in [3.8, 4) is 11.1 Å². The second kappa shape index (κ2) is 5.29. The summed E-state index contributed by atoms with van der Waals surface area (Å²) in [4.78, 5) is 0. The van der Waals surface area contributed by atoms with Gasteiger partial charge in [-0.1, -0.05) is 48.5 Å². The first-order valence-electron chi connectivity index (χ1n) is 5.51. The van der Waals surface area contributed by atoms with Crippen LogP contribution in [0, 0.1) is 0 Å². The lowest BCUT2D eigenvalue weighted by Gasteiger charge is -2.17. The molecule has 0 saturated carbocycles. The number of benzene rings is 2. The van der Waals surface area contributed by atoms with Gasteiger partial charge in [0.1, 0.15) is 0 Å². The first kappa shape index (κ1) is 12.7. The highest BCUT2D eigenvalue weighted by Crippen LogP contribution is 2.32. The summed E-state index contributed by atoms with van der Waals surface area (Å²) in [6.45, 7) is 0. The molecular formula is C14H14O4. The van der Waals surface area contributed by atoms with Crippen molar-refractivity contribution < 1.29 is 20.4 Å². The van der Waals surface area contributed by atoms with E-state index in [1.807, 2.05) is 30.3 Å². The summed E-state index contributed by atoms with van der Waals surface area (Å²) in [6, 6.07) is 13.9. The Bertz CT molecular complexity index is 521. The predicted molar refractivity (Wildman–Crippen MR) is 66.2 cm³/mol. The lowest BCUT2D eigenvalue weighted by Crippen LogP contribution is -2.07. The summed E-state index contributed by atoms with van der Waals surface area (Å²) in [5, 5.41) is 37.4. The largest absolute Gasteiger partial charge is 0.364 e. The molecule has 0 aliphatic carbocycles. The number of aliphatic hydroxyl groups excluding tert-OH is 2. The standard InChI is InChI=1S/C14H14O4/c15-13(16)11-8-4-7-10(12(11)14(17)18)9-5-2-1-3-6-9/h1-8,13-18H. The minimum absolute atomic E-state index is 0.0892. The summed E-state index contributed by atoms with van der Waals surface area (Å²) in [5.41, 5.74) is 1.55. The highest BCUT2D eigenvalue weighted by molar-refractivity contribution is 5.69. The molecule has 0 bridgehead atoms. The molecule has 0 aliphatic rings. The third-order valence-electron chi connectivity index (χ3n) is 2.76. The fraction of sp³-hybridized carbons (Fsp3) is 0.143. The zero-order chi connectivity index (χ0) is 13.1. The van der Waals surface area contributed by atoms with Gasteiger partial charge >= 0.3 is 0 Å². The predicted octanol–water partition coefficient (Wildman–Crippen LogP) is 1.32. The highest BCUT2D eigenvalue weighted by atomic mass is 16.5. The van der Waals surface area contributed by atoms with Crippen LogP contribution < -0.4 is 0 Å². The van der Waals surface area contributed by atoms with E-state index in [4.69, 9.17) is 0 Å². The summed E-state index contributed by atoms with van der Waals surface area (Å²) in [5.74, 6) is 0. The Morgan fingerprint density at radius 1 is 0.667 bits per heavy atom. The highest BCUT2D eigenvalue weighted by Gasteiger charge is 2.19. The Hall–Kier alpha value is -1.72. The summed E-state index contributed by atoms with van der Waals surface area (Å²) >= 11 is 0. The van der Waals surface area contributed by atoms with Crippen molar-refractivity contribution in [1.82, 2.24) is 0 Å². The molecule has 0 saturated heterocycles. The van der Waals surface area contributed by atoms with Crippen molar-refractivity contribution in [2.75, 3.05) is 0 Å². The second-order valence-corrected chi connectivity index (χ2v) is 3.92. The Kier molecular flexibility index (Phi) is 3.74. The third kappa shape index (κ3) is 2.42. The molecule has 0 heterocycles. The van der Waals surface area contributed by atoms with Crippen molar-refractivity contribution in [2.45, 2.75) is 12.6 Å². The third-order valence-corrected chi connectivity index (χ3v) is 2.76. The number of aliphatic hydroxyl groups is 4. The van der Waals surface area contributed by atoms with Gasteiger partial charge in [-0.15, -0.1) is 0 Å². The smallest absolute Gasteiger partial charge is 0.179 e. The van der Waals surface area contributed by atoms with Crippen LogP contribution in [0.25, 0.3) is 11.1 Å². The van der Waals surface area contributed by atoms with Crippen LogP contribution in [-0.4, -0.2) is 20.4 Å². The van der Waals surface area contributed by atoms with Crippen LogP contribution in [0.1, 0.15) is 23.7 Å². The molecule has 0 aliphatic heterocycles. The fourth-order valence-electron chi connectivity index (χ4n) is 1.97. The average Bonchev–Trinajstić information content (AvgIpc) is 2.38. The van der Waals surface area contributed by atoms with Gasteiger partial charge < -0.3 is 20.4 Å². The molecule has 2 aromatic carbocycles. The van der Waals surface area contributed by atoms with Crippen molar-refractivity contribution in [2.24, 2.45) is 0 Å². The van der Waals surface area contributed by atoms with Crippen molar-refractivity contribution >= 4 is 0 Å². The molecule has 18 heavy (non-hydrogen) atoms. The van der Waals surface area contributed by atoms with E-state index in [1.54, 1.807) is 12.1 Å². The monoisotopic (exact) mass is 246 g/mol. The molecule has 0 fully saturated rings. The van der Waals surface area contributed by atoms with Gasteiger partial charge in [-0.05, 0) is 11.1 Å². The minimum atomic E-state index is -1.77. The minimum Gasteiger partial charge on any atom is -0.364 e. The molecule has 0 aromatic heterocycles. The molecule has 94 valence electrons. The van der Waals surface area contributed by atoms with E-state index < -0.39 is 12.6 Å². The number of hydrogen-bond acceptors (Lipinski definition) is 4. The average molecular weight is 246 g/mol. The molecule has 0 spiro atoms. The molecule has 0 atom stereocenters. The van der Waals surface area contributed by atoms with Gasteiger partial charge in [0.15, 0.2) is 12.6 Å². The molecule has 0 amide bonds. The van der Waals surface area contributed by atoms with Gasteiger partial charge in [0, 0.05) is 11.1 Å². The molecule has 0 radical (unpaired) electrons. The van der Waals surface area contributed by atoms with E-state index in [0.29, 0.717) is 5.56 Å². The molecule has 2 rings (SSSR count). The summed E-state index contributed by atoms with van der Waals surface area (Å²) in [6.07, 6.45) is -3.51. The van der Waals surface area contributed by atoms with E-state index in [1.165, 1.54) is 6.07 Å². The zero-order valence-corrected chi connectivity index (χ0v) is 9.56. The quantitative estimate of drug-likeness (QED) is 0.616. The van der Waals surface area contributed by atoms with Crippen LogP contribution in [0.5, 0.6) is 0 Å². The van der Waals surface area contributed by atoms with Crippen LogP contribution in [-0.2, 0) is 0 Å². The SMILES string of the molecule is OC(O)c1cccc(-c2ccccc2)c1C(O)O. The van der Waals surface area contributed by atoms with Gasteiger partial charge in [-0.3, -0.25) is 0 Å². The first-order valence-corrected chi connectivity index (χ1v) is 5.51. The van der Waals surface area contributed by atoms with Crippen molar-refractivity contribution in [3.63, 3.8) is 0 Å². The Morgan fingerprint density at radius 3 is 1.89 bits per heavy atom. The van der Waals surface area contributed by atoms with Crippen LogP contribution in [0.4, 0.5) is 0 Å². The summed E-state index contributed by atoms with van der Waals surface area (Å²) < 4.78 is 0. The number of hydrogen-bond donors (Lipinski definition) is 4. The van der Waals surface area contributed by atoms with Crippen LogP contribution >= 0.6 is 0 Å². The Morgan fingerprint density at radius 2 is 1.33 bits per heavy atom. The zero-order valence-electron chi connectivity index (χ0n) is 9.56. The van der Waals surface area contributed by atoms with Gasteiger partial charge in [0.2, 0.25) is 0 Å². The van der Waals surface area contributed by atoms with Gasteiger partial charge in [-0.2, -0.15) is 0 Å². The van der Waals surface area contributed by atoms with E-state index in [9.17, 15) is 20.4 Å². The maximum atomic E-state index is 9.43. The van der Waals surface area contributed by atoms with Crippen LogP contribution in [0.3, 0.4) is 0 Å². The van der Waals surface area contributed by atoms with E-state index >= 15 is 0 Å². The van der Waals surface area contributed by atoms with Gasteiger partial charge in [-0.25, -0.2) is 0 Å². The van der Waals surface area contributed by atoms with Gasteiger partial charge in [0.25, 0.3) is 0 Å². The lowest BCUT2D eigenvalue weighted by molar-refractivity contribution is -0.0631. The maximum Gasteiger partial charge on any atom is 0.179 e. The Labute approximate surface area is 104 Å². The molecule has 4 heteroatoms. The second-order valence-electron chi connectivity index (χ2n) is 3.92. The first-order chi connectivity index (χ1) is 8.61. The fourth-order valence-corrected chi connectivity index (χ4v) is 1.97. The molecule has 2 aromatic rings. The molecular weight excluding hydrogens is 232 g/mol. The van der Waals surface area contributed by atoms with Crippen molar-refractivity contribution in [1.29, 1.82) is 0 Å². The number of rotatable bonds is 3. The van der Waals surface area contributed by atoms with E-state index in [2.05, 4.69) is 0 Å². The normalized spacial score (nSPS) is 11.2. The maximum absolute atomic E-state index is 9.43. The topological polar surface area (TPSA) is 80.9 Å². The summed E-state index contributed by atoms with van der Waals surface area (Å²) in [7, 11) is 0.